The highest BCUT2D eigenvalue weighted by atomic mass is 32.2. The SMILES string of the molecule is Cc1ccc(S(=O)(=O)Nc2ccc(CCNC[C@H](O)COc3ccc(O)cc3)cc2)cc1. The molecule has 3 aromatic carbocycles. The van der Waals surface area contributed by atoms with E-state index >= 15 is 0 Å². The number of aliphatic hydroxyl groups is 1. The predicted molar refractivity (Wildman–Crippen MR) is 125 cm³/mol. The number of benzene rings is 3. The van der Waals surface area contributed by atoms with Gasteiger partial charge in [-0.2, -0.15) is 0 Å². The largest absolute Gasteiger partial charge is 0.508 e. The first kappa shape index (κ1) is 23.6. The Morgan fingerprint density at radius 1 is 0.938 bits per heavy atom. The molecule has 0 radical (unpaired) electrons. The molecule has 0 heterocycles. The highest BCUT2D eigenvalue weighted by Gasteiger charge is 2.13. The summed E-state index contributed by atoms with van der Waals surface area (Å²) in [7, 11) is -3.62. The van der Waals surface area contributed by atoms with E-state index in [1.807, 2.05) is 19.1 Å². The Bertz CT molecular complexity index is 1080. The lowest BCUT2D eigenvalue weighted by Gasteiger charge is -2.13. The van der Waals surface area contributed by atoms with Crippen molar-refractivity contribution < 1.29 is 23.4 Å². The molecule has 0 aromatic heterocycles. The lowest BCUT2D eigenvalue weighted by Crippen LogP contribution is -2.32. The fraction of sp³-hybridized carbons (Fsp3) is 0.250. The first-order valence-corrected chi connectivity index (χ1v) is 11.8. The Labute approximate surface area is 188 Å². The fourth-order valence-corrected chi connectivity index (χ4v) is 4.02. The van der Waals surface area contributed by atoms with Gasteiger partial charge < -0.3 is 20.3 Å². The molecule has 0 amide bonds. The molecule has 0 aliphatic heterocycles. The minimum absolute atomic E-state index is 0.146. The molecule has 3 aromatic rings. The van der Waals surface area contributed by atoms with Crippen molar-refractivity contribution in [3.63, 3.8) is 0 Å². The van der Waals surface area contributed by atoms with Crippen LogP contribution in [-0.2, 0) is 16.4 Å². The number of nitrogens with one attached hydrogen (secondary N) is 2. The van der Waals surface area contributed by atoms with E-state index in [2.05, 4.69) is 10.0 Å². The first-order chi connectivity index (χ1) is 15.3. The van der Waals surface area contributed by atoms with E-state index in [1.54, 1.807) is 48.5 Å². The summed E-state index contributed by atoms with van der Waals surface area (Å²) in [5, 5.41) is 22.4. The second kappa shape index (κ2) is 11.0. The molecule has 32 heavy (non-hydrogen) atoms. The molecule has 0 bridgehead atoms. The van der Waals surface area contributed by atoms with Gasteiger partial charge in [0.15, 0.2) is 0 Å². The second-order valence-electron chi connectivity index (χ2n) is 7.53. The van der Waals surface area contributed by atoms with E-state index in [4.69, 9.17) is 4.74 Å². The zero-order valence-corrected chi connectivity index (χ0v) is 18.7. The zero-order valence-electron chi connectivity index (χ0n) is 17.9. The van der Waals surface area contributed by atoms with Crippen LogP contribution in [-0.4, -0.2) is 44.4 Å². The van der Waals surface area contributed by atoms with Crippen LogP contribution in [0.25, 0.3) is 0 Å². The minimum Gasteiger partial charge on any atom is -0.508 e. The smallest absolute Gasteiger partial charge is 0.261 e. The van der Waals surface area contributed by atoms with Crippen LogP contribution >= 0.6 is 0 Å². The Hall–Kier alpha value is -3.07. The second-order valence-corrected chi connectivity index (χ2v) is 9.21. The monoisotopic (exact) mass is 456 g/mol. The van der Waals surface area contributed by atoms with Gasteiger partial charge in [-0.1, -0.05) is 29.8 Å². The summed E-state index contributed by atoms with van der Waals surface area (Å²) in [6.45, 7) is 3.09. The standard InChI is InChI=1S/C24H28N2O5S/c1-18-2-12-24(13-3-18)32(29,30)26-20-6-4-19(5-7-20)14-15-25-16-22(28)17-31-23-10-8-21(27)9-11-23/h2-13,22,25-28H,14-17H2,1H3/t22-/m0/s1. The number of sulfonamides is 1. The average molecular weight is 457 g/mol. The van der Waals surface area contributed by atoms with Crippen molar-refractivity contribution in [3.8, 4) is 11.5 Å². The molecule has 0 spiro atoms. The molecule has 0 unspecified atom stereocenters. The summed E-state index contributed by atoms with van der Waals surface area (Å²) in [5.74, 6) is 0.746. The van der Waals surface area contributed by atoms with Gasteiger partial charge in [0.1, 0.15) is 24.2 Å². The molecule has 0 fully saturated rings. The summed E-state index contributed by atoms with van der Waals surface area (Å²) >= 11 is 0. The summed E-state index contributed by atoms with van der Waals surface area (Å²) in [4.78, 5) is 0.226. The van der Waals surface area contributed by atoms with Crippen LogP contribution in [0.5, 0.6) is 11.5 Å². The van der Waals surface area contributed by atoms with Crippen molar-refractivity contribution in [1.82, 2.24) is 5.32 Å². The van der Waals surface area contributed by atoms with Crippen molar-refractivity contribution in [2.45, 2.75) is 24.3 Å². The van der Waals surface area contributed by atoms with E-state index in [1.165, 1.54) is 12.1 Å². The van der Waals surface area contributed by atoms with Gasteiger partial charge in [-0.25, -0.2) is 8.42 Å². The normalized spacial score (nSPS) is 12.3. The van der Waals surface area contributed by atoms with Crippen molar-refractivity contribution >= 4 is 15.7 Å². The molecular formula is C24H28N2O5S. The van der Waals surface area contributed by atoms with Gasteiger partial charge in [0, 0.05) is 12.2 Å². The van der Waals surface area contributed by atoms with Gasteiger partial charge >= 0.3 is 0 Å². The van der Waals surface area contributed by atoms with Crippen LogP contribution in [0.4, 0.5) is 5.69 Å². The Morgan fingerprint density at radius 2 is 1.59 bits per heavy atom. The van der Waals surface area contributed by atoms with Gasteiger partial charge in [0.05, 0.1) is 4.90 Å². The molecule has 7 nitrogen and oxygen atoms in total. The van der Waals surface area contributed by atoms with E-state index in [9.17, 15) is 18.6 Å². The molecule has 0 saturated heterocycles. The third-order valence-corrected chi connectivity index (χ3v) is 6.18. The number of aromatic hydroxyl groups is 1. The molecule has 0 aliphatic carbocycles. The van der Waals surface area contributed by atoms with E-state index in [0.29, 0.717) is 24.5 Å². The van der Waals surface area contributed by atoms with Crippen molar-refractivity contribution in [3.05, 3.63) is 83.9 Å². The lowest BCUT2D eigenvalue weighted by molar-refractivity contribution is 0.106. The fourth-order valence-electron chi connectivity index (χ4n) is 2.97. The Kier molecular flexibility index (Phi) is 8.10. The number of aliphatic hydroxyl groups excluding tert-OH is 1. The first-order valence-electron chi connectivity index (χ1n) is 10.3. The van der Waals surface area contributed by atoms with Crippen LogP contribution in [0.15, 0.2) is 77.7 Å². The van der Waals surface area contributed by atoms with E-state index in [0.717, 1.165) is 17.5 Å². The average Bonchev–Trinajstić information content (AvgIpc) is 2.77. The number of phenolic OH excluding ortho intramolecular Hbond substituents is 1. The Balaban J connectivity index is 1.39. The third kappa shape index (κ3) is 7.26. The quantitative estimate of drug-likeness (QED) is 0.330. The molecule has 0 aliphatic rings. The van der Waals surface area contributed by atoms with Crippen LogP contribution in [0.2, 0.25) is 0 Å². The molecular weight excluding hydrogens is 428 g/mol. The number of hydrogen-bond acceptors (Lipinski definition) is 6. The van der Waals surface area contributed by atoms with Gasteiger partial charge in [0.25, 0.3) is 10.0 Å². The highest BCUT2D eigenvalue weighted by Crippen LogP contribution is 2.18. The summed E-state index contributed by atoms with van der Waals surface area (Å²) in [6.07, 6.45) is 0.0682. The van der Waals surface area contributed by atoms with Gasteiger partial charge in [-0.3, -0.25) is 4.72 Å². The van der Waals surface area contributed by atoms with E-state index < -0.39 is 16.1 Å². The lowest BCUT2D eigenvalue weighted by atomic mass is 10.1. The number of ether oxygens (including phenoxy) is 1. The third-order valence-electron chi connectivity index (χ3n) is 4.79. The Morgan fingerprint density at radius 3 is 2.25 bits per heavy atom. The molecule has 3 rings (SSSR count). The van der Waals surface area contributed by atoms with E-state index in [-0.39, 0.29) is 17.3 Å². The van der Waals surface area contributed by atoms with Gasteiger partial charge in [-0.05, 0) is 74.0 Å². The predicted octanol–water partition coefficient (Wildman–Crippen LogP) is 3.07. The van der Waals surface area contributed by atoms with Crippen molar-refractivity contribution in [2.24, 2.45) is 0 Å². The van der Waals surface area contributed by atoms with Crippen LogP contribution < -0.4 is 14.8 Å². The topological polar surface area (TPSA) is 108 Å². The number of anilines is 1. The van der Waals surface area contributed by atoms with Crippen LogP contribution in [0, 0.1) is 6.92 Å². The molecule has 4 N–H and O–H groups in total. The minimum atomic E-state index is -3.62. The number of aryl methyl sites for hydroxylation is 1. The summed E-state index contributed by atoms with van der Waals surface area (Å²) in [6, 6.07) is 20.3. The maximum absolute atomic E-state index is 12.5. The molecule has 1 atom stereocenters. The maximum Gasteiger partial charge on any atom is 0.261 e. The number of hydrogen-bond donors (Lipinski definition) is 4. The number of rotatable bonds is 11. The number of phenols is 1. The maximum atomic E-state index is 12.5. The summed E-state index contributed by atoms with van der Waals surface area (Å²) < 4.78 is 33.0. The summed E-state index contributed by atoms with van der Waals surface area (Å²) in [5.41, 5.74) is 2.55. The van der Waals surface area contributed by atoms with Crippen molar-refractivity contribution in [1.29, 1.82) is 0 Å². The van der Waals surface area contributed by atoms with Crippen LogP contribution in [0.3, 0.4) is 0 Å². The molecule has 8 heteroatoms. The molecule has 170 valence electrons. The van der Waals surface area contributed by atoms with Gasteiger partial charge in [0.2, 0.25) is 0 Å². The van der Waals surface area contributed by atoms with Crippen molar-refractivity contribution in [2.75, 3.05) is 24.4 Å². The molecule has 0 saturated carbocycles. The van der Waals surface area contributed by atoms with Gasteiger partial charge in [-0.15, -0.1) is 0 Å². The van der Waals surface area contributed by atoms with Crippen LogP contribution in [0.1, 0.15) is 11.1 Å². The highest BCUT2D eigenvalue weighted by molar-refractivity contribution is 7.92. The zero-order chi connectivity index (χ0) is 23.0.